The number of para-hydroxylation sites is 1. The third-order valence-electron chi connectivity index (χ3n) is 3.89. The molecular weight excluding hydrogens is 294 g/mol. The minimum absolute atomic E-state index is 0.0854. The van der Waals surface area contributed by atoms with Crippen LogP contribution < -0.4 is 0 Å². The highest BCUT2D eigenvalue weighted by Gasteiger charge is 2.20. The first-order valence-corrected chi connectivity index (χ1v) is 7.13. The Labute approximate surface area is 132 Å². The second-order valence-corrected chi connectivity index (χ2v) is 5.34. The van der Waals surface area contributed by atoms with Gasteiger partial charge in [-0.3, -0.25) is 14.2 Å². The predicted octanol–water partition coefficient (Wildman–Crippen LogP) is 2.97. The van der Waals surface area contributed by atoms with Crippen LogP contribution >= 0.6 is 0 Å². The SMILES string of the molecule is Cc1c(CC(=O)O)c2ccccc2n1C(=O)c1ccc(O)cc1. The molecule has 0 atom stereocenters. The van der Waals surface area contributed by atoms with E-state index in [1.165, 1.54) is 16.7 Å². The van der Waals surface area contributed by atoms with Crippen molar-refractivity contribution >= 4 is 22.8 Å². The van der Waals surface area contributed by atoms with E-state index in [0.717, 1.165) is 5.39 Å². The van der Waals surface area contributed by atoms with Crippen LogP contribution in [0.4, 0.5) is 0 Å². The molecule has 1 heterocycles. The van der Waals surface area contributed by atoms with Crippen LogP contribution in [0.5, 0.6) is 5.75 Å². The molecule has 116 valence electrons. The second kappa shape index (κ2) is 5.61. The number of carbonyl (C=O) groups is 2. The quantitative estimate of drug-likeness (QED) is 0.779. The molecule has 0 saturated carbocycles. The van der Waals surface area contributed by atoms with E-state index in [0.29, 0.717) is 22.3 Å². The molecule has 0 aliphatic heterocycles. The van der Waals surface area contributed by atoms with E-state index in [-0.39, 0.29) is 18.1 Å². The third kappa shape index (κ3) is 2.57. The van der Waals surface area contributed by atoms with E-state index in [9.17, 15) is 14.7 Å². The molecule has 2 N–H and O–H groups in total. The molecule has 5 nitrogen and oxygen atoms in total. The van der Waals surface area contributed by atoms with E-state index in [1.54, 1.807) is 25.1 Å². The van der Waals surface area contributed by atoms with Crippen LogP contribution in [-0.4, -0.2) is 26.7 Å². The van der Waals surface area contributed by atoms with Gasteiger partial charge >= 0.3 is 5.97 Å². The number of aliphatic carboxylic acids is 1. The molecule has 0 saturated heterocycles. The number of fused-ring (bicyclic) bond motifs is 1. The monoisotopic (exact) mass is 309 g/mol. The highest BCUT2D eigenvalue weighted by molar-refractivity contribution is 6.04. The lowest BCUT2D eigenvalue weighted by Crippen LogP contribution is -2.14. The number of carboxylic acids is 1. The maximum Gasteiger partial charge on any atom is 0.307 e. The lowest BCUT2D eigenvalue weighted by molar-refractivity contribution is -0.136. The fraction of sp³-hybridized carbons (Fsp3) is 0.111. The zero-order valence-corrected chi connectivity index (χ0v) is 12.5. The molecule has 0 aliphatic carbocycles. The summed E-state index contributed by atoms with van der Waals surface area (Å²) in [4.78, 5) is 24.0. The van der Waals surface area contributed by atoms with E-state index >= 15 is 0 Å². The van der Waals surface area contributed by atoms with Crippen molar-refractivity contribution in [3.8, 4) is 5.75 Å². The number of carbonyl (C=O) groups excluding carboxylic acids is 1. The maximum atomic E-state index is 12.8. The molecule has 0 bridgehead atoms. The molecule has 0 unspecified atom stereocenters. The van der Waals surface area contributed by atoms with Crippen LogP contribution in [0.3, 0.4) is 0 Å². The summed E-state index contributed by atoms with van der Waals surface area (Å²) in [7, 11) is 0. The van der Waals surface area contributed by atoms with Crippen molar-refractivity contribution < 1.29 is 19.8 Å². The van der Waals surface area contributed by atoms with Crippen LogP contribution in [0.15, 0.2) is 48.5 Å². The molecule has 23 heavy (non-hydrogen) atoms. The summed E-state index contributed by atoms with van der Waals surface area (Å²) in [5.41, 5.74) is 2.36. The van der Waals surface area contributed by atoms with Crippen LogP contribution in [0.25, 0.3) is 10.9 Å². The number of benzene rings is 2. The fourth-order valence-corrected chi connectivity index (χ4v) is 2.80. The van der Waals surface area contributed by atoms with Gasteiger partial charge in [-0.15, -0.1) is 0 Å². The number of phenols is 1. The molecule has 0 fully saturated rings. The van der Waals surface area contributed by atoms with Crippen molar-refractivity contribution in [2.24, 2.45) is 0 Å². The van der Waals surface area contributed by atoms with Crippen molar-refractivity contribution in [1.82, 2.24) is 4.57 Å². The highest BCUT2D eigenvalue weighted by Crippen LogP contribution is 2.27. The second-order valence-electron chi connectivity index (χ2n) is 5.34. The first-order chi connectivity index (χ1) is 11.0. The summed E-state index contributed by atoms with van der Waals surface area (Å²) in [6.07, 6.45) is -0.137. The standard InChI is InChI=1S/C18H15NO4/c1-11-15(10-17(21)22)14-4-2-3-5-16(14)19(11)18(23)12-6-8-13(20)9-7-12/h2-9,20H,10H2,1H3,(H,21,22). The first kappa shape index (κ1) is 14.8. The number of phenolic OH excluding ortho intramolecular Hbond substituents is 1. The number of aromatic hydroxyl groups is 1. The molecule has 1 aromatic heterocycles. The van der Waals surface area contributed by atoms with Crippen molar-refractivity contribution in [3.63, 3.8) is 0 Å². The predicted molar refractivity (Wildman–Crippen MR) is 85.9 cm³/mol. The van der Waals surface area contributed by atoms with Gasteiger partial charge in [0.25, 0.3) is 5.91 Å². The molecule has 0 spiro atoms. The van der Waals surface area contributed by atoms with Crippen LogP contribution in [0, 0.1) is 6.92 Å². The Balaban J connectivity index is 2.21. The van der Waals surface area contributed by atoms with Gasteiger partial charge in [-0.2, -0.15) is 0 Å². The molecule has 2 aromatic carbocycles. The largest absolute Gasteiger partial charge is 0.508 e. The number of aromatic nitrogens is 1. The first-order valence-electron chi connectivity index (χ1n) is 7.13. The van der Waals surface area contributed by atoms with Gasteiger partial charge in [-0.25, -0.2) is 0 Å². The fourth-order valence-electron chi connectivity index (χ4n) is 2.80. The zero-order chi connectivity index (χ0) is 16.6. The van der Waals surface area contributed by atoms with E-state index in [4.69, 9.17) is 5.11 Å². The van der Waals surface area contributed by atoms with Crippen molar-refractivity contribution in [2.75, 3.05) is 0 Å². The Kier molecular flexibility index (Phi) is 3.62. The van der Waals surface area contributed by atoms with Crippen molar-refractivity contribution in [1.29, 1.82) is 0 Å². The van der Waals surface area contributed by atoms with Crippen LogP contribution in [0.2, 0.25) is 0 Å². The summed E-state index contributed by atoms with van der Waals surface area (Å²) in [6, 6.07) is 13.2. The number of hydrogen-bond donors (Lipinski definition) is 2. The summed E-state index contributed by atoms with van der Waals surface area (Å²) in [5.74, 6) is -1.11. The number of nitrogens with zero attached hydrogens (tertiary/aromatic N) is 1. The summed E-state index contributed by atoms with van der Waals surface area (Å²) >= 11 is 0. The molecule has 3 rings (SSSR count). The topological polar surface area (TPSA) is 79.5 Å². The third-order valence-corrected chi connectivity index (χ3v) is 3.89. The Morgan fingerprint density at radius 1 is 1.04 bits per heavy atom. The molecule has 3 aromatic rings. The molecule has 0 radical (unpaired) electrons. The van der Waals surface area contributed by atoms with E-state index in [2.05, 4.69) is 0 Å². The smallest absolute Gasteiger partial charge is 0.307 e. The molecule has 5 heteroatoms. The van der Waals surface area contributed by atoms with Crippen LogP contribution in [0.1, 0.15) is 21.6 Å². The molecule has 0 amide bonds. The average molecular weight is 309 g/mol. The van der Waals surface area contributed by atoms with Gasteiger partial charge < -0.3 is 10.2 Å². The zero-order valence-electron chi connectivity index (χ0n) is 12.5. The van der Waals surface area contributed by atoms with Gasteiger partial charge in [0.1, 0.15) is 5.75 Å². The van der Waals surface area contributed by atoms with Crippen LogP contribution in [-0.2, 0) is 11.2 Å². The van der Waals surface area contributed by atoms with Crippen molar-refractivity contribution in [3.05, 3.63) is 65.4 Å². The minimum Gasteiger partial charge on any atom is -0.508 e. The maximum absolute atomic E-state index is 12.8. The van der Waals surface area contributed by atoms with Gasteiger partial charge in [0.15, 0.2) is 0 Å². The molecular formula is C18H15NO4. The van der Waals surface area contributed by atoms with E-state index < -0.39 is 5.97 Å². The highest BCUT2D eigenvalue weighted by atomic mass is 16.4. The Hall–Kier alpha value is -3.08. The lowest BCUT2D eigenvalue weighted by atomic mass is 10.1. The summed E-state index contributed by atoms with van der Waals surface area (Å²) in [6.45, 7) is 1.75. The number of carboxylic acid groups (broad SMARTS) is 1. The van der Waals surface area contributed by atoms with E-state index in [1.807, 2.05) is 18.2 Å². The summed E-state index contributed by atoms with van der Waals surface area (Å²) in [5, 5.41) is 19.2. The minimum atomic E-state index is -0.937. The Bertz CT molecular complexity index is 907. The van der Waals surface area contributed by atoms with Gasteiger partial charge in [-0.05, 0) is 42.8 Å². The summed E-state index contributed by atoms with van der Waals surface area (Å²) < 4.78 is 1.53. The average Bonchev–Trinajstić information content (AvgIpc) is 2.80. The number of hydrogen-bond acceptors (Lipinski definition) is 3. The lowest BCUT2D eigenvalue weighted by Gasteiger charge is -2.07. The normalized spacial score (nSPS) is 10.8. The van der Waals surface area contributed by atoms with Crippen molar-refractivity contribution in [2.45, 2.75) is 13.3 Å². The Morgan fingerprint density at radius 3 is 2.35 bits per heavy atom. The van der Waals surface area contributed by atoms with Gasteiger partial charge in [0.05, 0.1) is 11.9 Å². The van der Waals surface area contributed by atoms with Gasteiger partial charge in [0, 0.05) is 16.6 Å². The van der Waals surface area contributed by atoms with Gasteiger partial charge in [0.2, 0.25) is 0 Å². The number of rotatable bonds is 3. The molecule has 0 aliphatic rings. The Morgan fingerprint density at radius 2 is 1.70 bits per heavy atom. The van der Waals surface area contributed by atoms with Gasteiger partial charge in [-0.1, -0.05) is 18.2 Å².